The quantitative estimate of drug-likeness (QED) is 0.617. The lowest BCUT2D eigenvalue weighted by atomic mass is 10.0. The first-order valence-electron chi connectivity index (χ1n) is 9.41. The van der Waals surface area contributed by atoms with Gasteiger partial charge in [-0.05, 0) is 55.5 Å². The molecule has 3 rings (SSSR count). The van der Waals surface area contributed by atoms with E-state index in [1.807, 2.05) is 24.3 Å². The highest BCUT2D eigenvalue weighted by Gasteiger charge is 2.10. The number of aryl methyl sites for hydroxylation is 3. The Labute approximate surface area is 166 Å². The molecule has 0 radical (unpaired) electrons. The van der Waals surface area contributed by atoms with Gasteiger partial charge in [0.05, 0.1) is 5.56 Å². The molecule has 0 aliphatic carbocycles. The number of rotatable bonds is 5. The van der Waals surface area contributed by atoms with E-state index in [2.05, 4.69) is 67.4 Å². The number of amides is 1. The molecule has 2 N–H and O–H groups in total. The highest BCUT2D eigenvalue weighted by atomic mass is 16.1. The van der Waals surface area contributed by atoms with Crippen LogP contribution in [-0.2, 0) is 0 Å². The van der Waals surface area contributed by atoms with Crippen molar-refractivity contribution in [1.29, 1.82) is 0 Å². The van der Waals surface area contributed by atoms with Crippen molar-refractivity contribution in [3.8, 4) is 0 Å². The monoisotopic (exact) mass is 374 g/mol. The fourth-order valence-electron chi connectivity index (χ4n) is 3.15. The van der Waals surface area contributed by atoms with Gasteiger partial charge in [0.15, 0.2) is 0 Å². The molecule has 1 amide bonds. The van der Waals surface area contributed by atoms with Gasteiger partial charge in [-0.15, -0.1) is 0 Å². The van der Waals surface area contributed by atoms with Gasteiger partial charge in [-0.3, -0.25) is 4.79 Å². The molecule has 5 heteroatoms. The molecular weight excluding hydrogens is 348 g/mol. The topological polar surface area (TPSA) is 66.9 Å². The average Bonchev–Trinajstić information content (AvgIpc) is 2.65. The first-order chi connectivity index (χ1) is 13.3. The molecule has 1 aromatic heterocycles. The lowest BCUT2D eigenvalue weighted by molar-refractivity contribution is 0.102. The number of hydrogen-bond acceptors (Lipinski definition) is 4. The number of nitrogens with zero attached hydrogens (tertiary/aromatic N) is 2. The summed E-state index contributed by atoms with van der Waals surface area (Å²) in [5, 5.41) is 6.13. The van der Waals surface area contributed by atoms with Gasteiger partial charge >= 0.3 is 0 Å². The highest BCUT2D eigenvalue weighted by Crippen LogP contribution is 2.24. The molecule has 0 aliphatic rings. The largest absolute Gasteiger partial charge is 0.324 e. The van der Waals surface area contributed by atoms with Crippen molar-refractivity contribution < 1.29 is 4.79 Å². The molecule has 28 heavy (non-hydrogen) atoms. The molecule has 0 unspecified atom stereocenters. The Morgan fingerprint density at radius 3 is 2.04 bits per heavy atom. The van der Waals surface area contributed by atoms with Gasteiger partial charge in [0.1, 0.15) is 0 Å². The first-order valence-corrected chi connectivity index (χ1v) is 9.41. The van der Waals surface area contributed by atoms with Crippen LogP contribution < -0.4 is 10.6 Å². The van der Waals surface area contributed by atoms with Crippen LogP contribution in [0, 0.1) is 20.8 Å². The fourth-order valence-corrected chi connectivity index (χ4v) is 3.15. The summed E-state index contributed by atoms with van der Waals surface area (Å²) in [6.07, 6.45) is 3.07. The molecule has 0 bridgehead atoms. The van der Waals surface area contributed by atoms with Gasteiger partial charge < -0.3 is 10.6 Å². The minimum absolute atomic E-state index is 0.230. The van der Waals surface area contributed by atoms with Crippen LogP contribution in [0.4, 0.5) is 17.3 Å². The van der Waals surface area contributed by atoms with Crippen LogP contribution in [0.5, 0.6) is 0 Å². The number of aromatic nitrogens is 2. The van der Waals surface area contributed by atoms with Crippen LogP contribution in [0.2, 0.25) is 0 Å². The average molecular weight is 374 g/mol. The van der Waals surface area contributed by atoms with E-state index in [4.69, 9.17) is 0 Å². The van der Waals surface area contributed by atoms with Crippen LogP contribution >= 0.6 is 0 Å². The van der Waals surface area contributed by atoms with Crippen LogP contribution in [0.3, 0.4) is 0 Å². The lowest BCUT2D eigenvalue weighted by Gasteiger charge is -2.13. The number of benzene rings is 2. The van der Waals surface area contributed by atoms with Crippen LogP contribution in [0.1, 0.15) is 52.4 Å². The van der Waals surface area contributed by atoms with E-state index >= 15 is 0 Å². The van der Waals surface area contributed by atoms with Gasteiger partial charge in [0, 0.05) is 23.8 Å². The predicted octanol–water partition coefficient (Wildman–Crippen LogP) is 5.52. The summed E-state index contributed by atoms with van der Waals surface area (Å²) in [7, 11) is 0. The Kier molecular flexibility index (Phi) is 5.73. The minimum Gasteiger partial charge on any atom is -0.324 e. The molecule has 3 aromatic rings. The Bertz CT molecular complexity index is 953. The summed E-state index contributed by atoms with van der Waals surface area (Å²) >= 11 is 0. The zero-order valence-electron chi connectivity index (χ0n) is 17.0. The number of carbonyl (C=O) groups excluding carboxylic acids is 1. The Morgan fingerprint density at radius 2 is 1.50 bits per heavy atom. The van der Waals surface area contributed by atoms with E-state index in [-0.39, 0.29) is 5.91 Å². The summed E-state index contributed by atoms with van der Waals surface area (Å²) in [6.45, 7) is 10.5. The fraction of sp³-hybridized carbons (Fsp3) is 0.261. The van der Waals surface area contributed by atoms with Crippen molar-refractivity contribution in [1.82, 2.24) is 9.97 Å². The standard InChI is InChI=1S/C23H26N4O/c1-14(2)18-6-8-20(9-7-18)26-22(28)19-12-24-23(25-13-19)27-21-16(4)10-15(3)11-17(21)5/h6-14H,1-5H3,(H,26,28)(H,24,25,27). The van der Waals surface area contributed by atoms with E-state index < -0.39 is 0 Å². The van der Waals surface area contributed by atoms with E-state index in [1.165, 1.54) is 23.5 Å². The zero-order valence-corrected chi connectivity index (χ0v) is 17.0. The molecule has 2 aromatic carbocycles. The zero-order chi connectivity index (χ0) is 20.3. The molecule has 0 saturated carbocycles. The van der Waals surface area contributed by atoms with Gasteiger partial charge in [0.2, 0.25) is 5.95 Å². The van der Waals surface area contributed by atoms with E-state index in [9.17, 15) is 4.79 Å². The maximum Gasteiger partial charge on any atom is 0.258 e. The summed E-state index contributed by atoms with van der Waals surface area (Å²) in [4.78, 5) is 21.0. The molecule has 0 spiro atoms. The molecule has 5 nitrogen and oxygen atoms in total. The Morgan fingerprint density at radius 1 is 0.929 bits per heavy atom. The first kappa shape index (κ1) is 19.5. The number of nitrogens with one attached hydrogen (secondary N) is 2. The van der Waals surface area contributed by atoms with Crippen molar-refractivity contribution in [3.63, 3.8) is 0 Å². The van der Waals surface area contributed by atoms with E-state index in [1.54, 1.807) is 0 Å². The van der Waals surface area contributed by atoms with Gasteiger partial charge in [0.25, 0.3) is 5.91 Å². The minimum atomic E-state index is -0.230. The number of carbonyl (C=O) groups is 1. The SMILES string of the molecule is Cc1cc(C)c(Nc2ncc(C(=O)Nc3ccc(C(C)C)cc3)cn2)c(C)c1. The summed E-state index contributed by atoms with van der Waals surface area (Å²) < 4.78 is 0. The third kappa shape index (κ3) is 4.55. The summed E-state index contributed by atoms with van der Waals surface area (Å²) in [5.41, 5.74) is 6.88. The Hall–Kier alpha value is -3.21. The summed E-state index contributed by atoms with van der Waals surface area (Å²) in [6, 6.07) is 12.1. The van der Waals surface area contributed by atoms with Crippen molar-refractivity contribution in [2.75, 3.05) is 10.6 Å². The highest BCUT2D eigenvalue weighted by molar-refractivity contribution is 6.03. The van der Waals surface area contributed by atoms with Crippen molar-refractivity contribution >= 4 is 23.2 Å². The second-order valence-electron chi connectivity index (χ2n) is 7.42. The summed E-state index contributed by atoms with van der Waals surface area (Å²) in [5.74, 6) is 0.693. The maximum atomic E-state index is 12.4. The molecular formula is C23H26N4O. The third-order valence-corrected chi connectivity index (χ3v) is 4.66. The number of hydrogen-bond donors (Lipinski definition) is 2. The van der Waals surface area contributed by atoms with Crippen LogP contribution in [-0.4, -0.2) is 15.9 Å². The second kappa shape index (κ2) is 8.21. The molecule has 0 aliphatic heterocycles. The number of anilines is 3. The third-order valence-electron chi connectivity index (χ3n) is 4.66. The molecule has 0 saturated heterocycles. The van der Waals surface area contributed by atoms with Crippen molar-refractivity contribution in [2.45, 2.75) is 40.5 Å². The smallest absolute Gasteiger partial charge is 0.258 e. The normalized spacial score (nSPS) is 10.8. The van der Waals surface area contributed by atoms with Gasteiger partial charge in [-0.25, -0.2) is 9.97 Å². The lowest BCUT2D eigenvalue weighted by Crippen LogP contribution is -2.13. The van der Waals surface area contributed by atoms with E-state index in [0.717, 1.165) is 22.5 Å². The van der Waals surface area contributed by atoms with Gasteiger partial charge in [-0.2, -0.15) is 0 Å². The predicted molar refractivity (Wildman–Crippen MR) is 114 cm³/mol. The molecule has 1 heterocycles. The van der Waals surface area contributed by atoms with Crippen molar-refractivity contribution in [3.05, 3.63) is 76.6 Å². The van der Waals surface area contributed by atoms with E-state index in [0.29, 0.717) is 17.4 Å². The van der Waals surface area contributed by atoms with Gasteiger partial charge in [-0.1, -0.05) is 43.7 Å². The van der Waals surface area contributed by atoms with Crippen LogP contribution in [0.25, 0.3) is 0 Å². The van der Waals surface area contributed by atoms with Crippen LogP contribution in [0.15, 0.2) is 48.8 Å². The molecule has 0 atom stereocenters. The second-order valence-corrected chi connectivity index (χ2v) is 7.42. The Balaban J connectivity index is 1.69. The molecule has 0 fully saturated rings. The molecule has 144 valence electrons. The van der Waals surface area contributed by atoms with Crippen molar-refractivity contribution in [2.24, 2.45) is 0 Å². The maximum absolute atomic E-state index is 12.4.